The van der Waals surface area contributed by atoms with Gasteiger partial charge in [-0.2, -0.15) is 0 Å². The van der Waals surface area contributed by atoms with Gasteiger partial charge in [0.2, 0.25) is 0 Å². The normalized spacial score (nSPS) is 30.0. The second-order valence-corrected chi connectivity index (χ2v) is 15.8. The van der Waals surface area contributed by atoms with Crippen LogP contribution in [0.25, 0.3) is 22.1 Å². The number of benzene rings is 3. The summed E-state index contributed by atoms with van der Waals surface area (Å²) in [6.07, 6.45) is 2.93. The molecule has 0 N–H and O–H groups in total. The van der Waals surface area contributed by atoms with Gasteiger partial charge in [0.15, 0.2) is 0 Å². The molecule has 0 amide bonds. The second-order valence-electron chi connectivity index (χ2n) is 15.8. The Kier molecular flexibility index (Phi) is 5.54. The van der Waals surface area contributed by atoms with E-state index in [0.717, 1.165) is 57.7 Å². The zero-order chi connectivity index (χ0) is 33.5. The van der Waals surface area contributed by atoms with Crippen LogP contribution < -0.4 is 9.47 Å². The molecule has 0 radical (unpaired) electrons. The molecular formula is C40H38N4O4. The number of esters is 2. The van der Waals surface area contributed by atoms with Crippen molar-refractivity contribution in [2.75, 3.05) is 0 Å². The van der Waals surface area contributed by atoms with E-state index in [4.69, 9.17) is 29.4 Å². The molecule has 3 aromatic carbocycles. The van der Waals surface area contributed by atoms with Gasteiger partial charge in [-0.15, -0.1) is 0 Å². The summed E-state index contributed by atoms with van der Waals surface area (Å²) in [6.45, 7) is 13.0. The zero-order valence-electron chi connectivity index (χ0n) is 28.2. The minimum Gasteiger partial charge on any atom is -0.426 e. The number of hydrogen-bond donors (Lipinski definition) is 0. The van der Waals surface area contributed by atoms with Crippen LogP contribution in [0.1, 0.15) is 90.0 Å². The first-order valence-corrected chi connectivity index (χ1v) is 16.9. The van der Waals surface area contributed by atoms with E-state index in [2.05, 4.69) is 41.5 Å². The third-order valence-electron chi connectivity index (χ3n) is 13.8. The number of fused-ring (bicyclic) bond motifs is 12. The largest absolute Gasteiger partial charge is 0.426 e. The van der Waals surface area contributed by atoms with E-state index in [9.17, 15) is 9.59 Å². The molecule has 242 valence electrons. The number of aromatic nitrogens is 4. The van der Waals surface area contributed by atoms with Crippen molar-refractivity contribution < 1.29 is 19.1 Å². The van der Waals surface area contributed by atoms with Crippen LogP contribution in [-0.2, 0) is 31.2 Å². The van der Waals surface area contributed by atoms with Crippen molar-refractivity contribution >= 4 is 34.0 Å². The van der Waals surface area contributed by atoms with Gasteiger partial charge in [-0.25, -0.2) is 19.9 Å². The van der Waals surface area contributed by atoms with Crippen molar-refractivity contribution in [2.45, 2.75) is 88.9 Å². The highest BCUT2D eigenvalue weighted by molar-refractivity contribution is 5.92. The van der Waals surface area contributed by atoms with E-state index in [1.54, 1.807) is 24.3 Å². The molecule has 2 aromatic heterocycles. The summed E-state index contributed by atoms with van der Waals surface area (Å²) >= 11 is 0. The maximum atomic E-state index is 14.3. The summed E-state index contributed by atoms with van der Waals surface area (Å²) in [5, 5.41) is 0. The van der Waals surface area contributed by atoms with E-state index in [1.807, 2.05) is 48.5 Å². The SMILES string of the molecule is CC12CCC(C(=O)Oc3ccc(OC(=O)C45CCC(C)(c6nc7ccccc7nc64)C5(C)C)cc3)(c3nc4ccccc4nc31)C2(C)C. The number of para-hydroxylation sites is 4. The molecule has 4 atom stereocenters. The van der Waals surface area contributed by atoms with Crippen LogP contribution in [0.5, 0.6) is 11.5 Å². The summed E-state index contributed by atoms with van der Waals surface area (Å²) in [6, 6.07) is 22.4. The van der Waals surface area contributed by atoms with Gasteiger partial charge in [-0.1, -0.05) is 65.8 Å². The van der Waals surface area contributed by atoms with E-state index in [-0.39, 0.29) is 22.8 Å². The number of carbonyl (C=O) groups is 2. The van der Waals surface area contributed by atoms with Crippen molar-refractivity contribution in [3.63, 3.8) is 0 Å². The third-order valence-corrected chi connectivity index (χ3v) is 13.8. The first kappa shape index (κ1) is 29.4. The average molecular weight is 639 g/mol. The molecule has 4 aliphatic carbocycles. The Labute approximate surface area is 279 Å². The average Bonchev–Trinajstić information content (AvgIpc) is 3.54. The van der Waals surface area contributed by atoms with Crippen molar-refractivity contribution in [2.24, 2.45) is 10.8 Å². The lowest BCUT2D eigenvalue weighted by atomic mass is 9.64. The molecule has 8 heteroatoms. The molecule has 0 aliphatic heterocycles. The molecule has 2 heterocycles. The first-order chi connectivity index (χ1) is 22.8. The summed E-state index contributed by atoms with van der Waals surface area (Å²) < 4.78 is 12.3. The Hall–Kier alpha value is -4.72. The Morgan fingerprint density at radius 1 is 0.479 bits per heavy atom. The molecule has 0 spiro atoms. The molecule has 2 fully saturated rings. The number of rotatable bonds is 4. The van der Waals surface area contributed by atoms with Gasteiger partial charge in [0.1, 0.15) is 22.3 Å². The fourth-order valence-corrected chi connectivity index (χ4v) is 9.96. The third kappa shape index (κ3) is 3.17. The van der Waals surface area contributed by atoms with E-state index >= 15 is 0 Å². The van der Waals surface area contributed by atoms with Gasteiger partial charge >= 0.3 is 11.9 Å². The van der Waals surface area contributed by atoms with E-state index in [0.29, 0.717) is 24.3 Å². The highest BCUT2D eigenvalue weighted by Gasteiger charge is 2.75. The predicted molar refractivity (Wildman–Crippen MR) is 181 cm³/mol. The minimum atomic E-state index is -0.930. The summed E-state index contributed by atoms with van der Waals surface area (Å²) in [4.78, 5) is 48.8. The van der Waals surface area contributed by atoms with Gasteiger partial charge in [0.05, 0.1) is 44.8 Å². The predicted octanol–water partition coefficient (Wildman–Crippen LogP) is 7.44. The van der Waals surface area contributed by atoms with Crippen LogP contribution in [0.2, 0.25) is 0 Å². The van der Waals surface area contributed by atoms with Crippen LogP contribution in [0.15, 0.2) is 72.8 Å². The zero-order valence-corrected chi connectivity index (χ0v) is 28.2. The maximum Gasteiger partial charge on any atom is 0.324 e. The summed E-state index contributed by atoms with van der Waals surface area (Å²) in [7, 11) is 0. The fourth-order valence-electron chi connectivity index (χ4n) is 9.96. The molecule has 4 bridgehead atoms. The molecule has 48 heavy (non-hydrogen) atoms. The second kappa shape index (κ2) is 9.04. The molecule has 8 nitrogen and oxygen atoms in total. The van der Waals surface area contributed by atoms with E-state index in [1.165, 1.54) is 0 Å². The molecule has 4 aliphatic rings. The Morgan fingerprint density at radius 3 is 1.12 bits per heavy atom. The first-order valence-electron chi connectivity index (χ1n) is 16.9. The highest BCUT2D eigenvalue weighted by atomic mass is 16.5. The maximum absolute atomic E-state index is 14.3. The molecule has 4 unspecified atom stereocenters. The topological polar surface area (TPSA) is 104 Å². The summed E-state index contributed by atoms with van der Waals surface area (Å²) in [5.41, 5.74) is 3.07. The monoisotopic (exact) mass is 638 g/mol. The van der Waals surface area contributed by atoms with Crippen molar-refractivity contribution in [1.82, 2.24) is 19.9 Å². The van der Waals surface area contributed by atoms with Crippen LogP contribution in [0.4, 0.5) is 0 Å². The molecule has 5 aromatic rings. The standard InChI is InChI=1S/C40H38N4O4/c1-35(2)37(5)19-21-39(35,31-29(37)41-25-11-7-9-13-27(25)43-31)33(45)47-23-15-17-24(18-16-23)48-34(46)40-22-20-38(6,36(40,3)4)30-32(40)44-28-14-10-8-12-26(28)42-30/h7-18H,19-22H2,1-6H3. The smallest absolute Gasteiger partial charge is 0.324 e. The highest BCUT2D eigenvalue weighted by Crippen LogP contribution is 2.71. The van der Waals surface area contributed by atoms with Crippen molar-refractivity contribution in [3.8, 4) is 11.5 Å². The number of ether oxygens (including phenoxy) is 2. The Morgan fingerprint density at radius 2 is 0.792 bits per heavy atom. The number of hydrogen-bond acceptors (Lipinski definition) is 8. The van der Waals surface area contributed by atoms with Crippen LogP contribution in [-0.4, -0.2) is 31.9 Å². The molecule has 9 rings (SSSR count). The Bertz CT molecular complexity index is 2090. The fraction of sp³-hybridized carbons (Fsp3) is 0.400. The summed E-state index contributed by atoms with van der Waals surface area (Å²) in [5.74, 6) is 0.111. The molecular weight excluding hydrogens is 600 g/mol. The lowest BCUT2D eigenvalue weighted by Crippen LogP contribution is -2.48. The van der Waals surface area contributed by atoms with Gasteiger partial charge in [-0.05, 0) is 85.0 Å². The van der Waals surface area contributed by atoms with Gasteiger partial charge < -0.3 is 9.47 Å². The van der Waals surface area contributed by atoms with Gasteiger partial charge in [-0.3, -0.25) is 9.59 Å². The molecule has 2 saturated carbocycles. The lowest BCUT2D eigenvalue weighted by molar-refractivity contribution is -0.146. The van der Waals surface area contributed by atoms with Crippen molar-refractivity contribution in [3.05, 3.63) is 95.6 Å². The minimum absolute atomic E-state index is 0.310. The number of nitrogens with zero attached hydrogens (tertiary/aromatic N) is 4. The van der Waals surface area contributed by atoms with Crippen LogP contribution in [0.3, 0.4) is 0 Å². The molecule has 0 saturated heterocycles. The quantitative estimate of drug-likeness (QED) is 0.148. The van der Waals surface area contributed by atoms with E-state index < -0.39 is 21.7 Å². The van der Waals surface area contributed by atoms with Crippen molar-refractivity contribution in [1.29, 1.82) is 0 Å². The van der Waals surface area contributed by atoms with Crippen LogP contribution >= 0.6 is 0 Å². The number of carbonyl (C=O) groups excluding carboxylic acids is 2. The van der Waals surface area contributed by atoms with Gasteiger partial charge in [0, 0.05) is 10.8 Å². The Balaban J connectivity index is 1.01. The van der Waals surface area contributed by atoms with Crippen LogP contribution in [0, 0.1) is 10.8 Å². The van der Waals surface area contributed by atoms with Gasteiger partial charge in [0.25, 0.3) is 0 Å². The lowest BCUT2D eigenvalue weighted by Gasteiger charge is -2.38.